The van der Waals surface area contributed by atoms with Gasteiger partial charge in [-0.25, -0.2) is 0 Å². The first kappa shape index (κ1) is 30.2. The predicted molar refractivity (Wildman–Crippen MR) is 178 cm³/mol. The molecule has 0 amide bonds. The molecule has 1 N–H and O–H groups in total. The van der Waals surface area contributed by atoms with Gasteiger partial charge in [0.25, 0.3) is 0 Å². The third kappa shape index (κ3) is 6.49. The van der Waals surface area contributed by atoms with Gasteiger partial charge in [0, 0.05) is 43.7 Å². The van der Waals surface area contributed by atoms with E-state index < -0.39 is 0 Å². The van der Waals surface area contributed by atoms with Crippen molar-refractivity contribution >= 4 is 34.7 Å². The zero-order chi connectivity index (χ0) is 30.6. The van der Waals surface area contributed by atoms with Crippen LogP contribution in [0, 0.1) is 17.2 Å². The van der Waals surface area contributed by atoms with Crippen molar-refractivity contribution < 1.29 is 9.90 Å². The van der Waals surface area contributed by atoms with Gasteiger partial charge < -0.3 is 10.0 Å². The molecule has 5 nitrogen and oxygen atoms in total. The Hall–Kier alpha value is -3.82. The molecule has 1 saturated carbocycles. The van der Waals surface area contributed by atoms with Crippen LogP contribution in [0.2, 0.25) is 10.0 Å². The molecule has 1 unspecified atom stereocenters. The van der Waals surface area contributed by atoms with E-state index in [4.69, 9.17) is 23.2 Å². The zero-order valence-electron chi connectivity index (χ0n) is 24.6. The molecule has 7 heteroatoms. The van der Waals surface area contributed by atoms with Crippen LogP contribution in [0.15, 0.2) is 84.9 Å². The number of hydrogen-bond donors (Lipinski definition) is 1. The monoisotopic (exact) mass is 623 g/mol. The summed E-state index contributed by atoms with van der Waals surface area (Å²) in [5, 5.41) is 21.9. The first-order valence-corrected chi connectivity index (χ1v) is 16.1. The fourth-order valence-electron chi connectivity index (χ4n) is 6.74. The fraction of sp³-hybridized carbons (Fsp3) is 0.297. The minimum absolute atomic E-state index is 0.184. The lowest BCUT2D eigenvalue weighted by Gasteiger charge is -2.41. The molecule has 1 saturated heterocycles. The maximum absolute atomic E-state index is 13.4. The van der Waals surface area contributed by atoms with Gasteiger partial charge in [0.2, 0.25) is 0 Å². The summed E-state index contributed by atoms with van der Waals surface area (Å²) in [6, 6.07) is 28.7. The molecule has 6 rings (SSSR count). The summed E-state index contributed by atoms with van der Waals surface area (Å²) in [6.07, 6.45) is 5.26. The molecular weight excluding hydrogens is 589 g/mol. The van der Waals surface area contributed by atoms with Crippen LogP contribution in [0.1, 0.15) is 65.2 Å². The summed E-state index contributed by atoms with van der Waals surface area (Å²) in [6.45, 7) is 2.87. The van der Waals surface area contributed by atoms with Crippen LogP contribution in [0.3, 0.4) is 0 Å². The molecule has 1 aliphatic carbocycles. The third-order valence-corrected chi connectivity index (χ3v) is 9.88. The number of hydrogen-bond acceptors (Lipinski definition) is 5. The molecular formula is C37H35Cl2N3O2. The van der Waals surface area contributed by atoms with Crippen molar-refractivity contribution in [2.24, 2.45) is 5.92 Å². The van der Waals surface area contributed by atoms with Gasteiger partial charge in [0.05, 0.1) is 33.4 Å². The Morgan fingerprint density at radius 2 is 1.61 bits per heavy atom. The second-order valence-corrected chi connectivity index (χ2v) is 12.7. The van der Waals surface area contributed by atoms with Gasteiger partial charge in [-0.15, -0.1) is 0 Å². The summed E-state index contributed by atoms with van der Waals surface area (Å²) in [4.78, 5) is 18.0. The van der Waals surface area contributed by atoms with E-state index in [0.717, 1.165) is 59.4 Å². The van der Waals surface area contributed by atoms with E-state index in [-0.39, 0.29) is 17.6 Å². The Morgan fingerprint density at radius 1 is 0.886 bits per heavy atom. The van der Waals surface area contributed by atoms with Crippen LogP contribution in [0.25, 0.3) is 11.1 Å². The summed E-state index contributed by atoms with van der Waals surface area (Å²) < 4.78 is 0. The summed E-state index contributed by atoms with van der Waals surface area (Å²) in [7, 11) is 0. The Bertz CT molecular complexity index is 1700. The van der Waals surface area contributed by atoms with Crippen LogP contribution in [0.4, 0.5) is 5.69 Å². The second-order valence-electron chi connectivity index (χ2n) is 11.9. The smallest absolute Gasteiger partial charge is 0.163 e. The van der Waals surface area contributed by atoms with Crippen LogP contribution in [0.5, 0.6) is 5.75 Å². The quantitative estimate of drug-likeness (QED) is 0.198. The highest BCUT2D eigenvalue weighted by Gasteiger charge is 2.30. The van der Waals surface area contributed by atoms with Crippen molar-refractivity contribution in [2.45, 2.75) is 38.1 Å². The standard InChI is InChI=1S/C37H35Cl2N3O2/c38-32-12-5-13-33(36(32)39)41-16-18-42(19-17-41)37(30-11-4-10-29(22-30)35(44)21-25-6-1-2-7-25)31-23-28(14-15-34(31)43)27-9-3-8-26(20-27)24-40/h3-5,8-15,20,22-23,25,37,43H,1-2,6-7,16-19,21H2. The van der Waals surface area contributed by atoms with E-state index in [0.29, 0.717) is 41.0 Å². The number of halogens is 2. The number of nitrogens with zero attached hydrogens (tertiary/aromatic N) is 3. The highest BCUT2D eigenvalue weighted by molar-refractivity contribution is 6.43. The average molecular weight is 625 g/mol. The Morgan fingerprint density at radius 3 is 2.39 bits per heavy atom. The number of ketones is 1. The van der Waals surface area contributed by atoms with Crippen molar-refractivity contribution in [3.8, 4) is 22.9 Å². The molecule has 4 aromatic rings. The van der Waals surface area contributed by atoms with Gasteiger partial charge in [0.15, 0.2) is 5.78 Å². The van der Waals surface area contributed by atoms with E-state index in [2.05, 4.69) is 21.9 Å². The van der Waals surface area contributed by atoms with Crippen molar-refractivity contribution in [2.75, 3.05) is 31.1 Å². The number of rotatable bonds is 8. The number of Topliss-reactive ketones (excluding diaryl/α,β-unsaturated/α-hetero) is 1. The highest BCUT2D eigenvalue weighted by atomic mass is 35.5. The Kier molecular flexibility index (Phi) is 9.23. The maximum Gasteiger partial charge on any atom is 0.163 e. The number of benzene rings is 4. The van der Waals surface area contributed by atoms with Crippen LogP contribution in [-0.4, -0.2) is 42.0 Å². The van der Waals surface area contributed by atoms with E-state index in [9.17, 15) is 15.2 Å². The normalized spacial score (nSPS) is 16.5. The molecule has 224 valence electrons. The molecule has 1 heterocycles. The fourth-order valence-corrected chi connectivity index (χ4v) is 7.16. The summed E-state index contributed by atoms with van der Waals surface area (Å²) >= 11 is 12.9. The largest absolute Gasteiger partial charge is 0.508 e. The molecule has 44 heavy (non-hydrogen) atoms. The van der Waals surface area contributed by atoms with Crippen LogP contribution >= 0.6 is 23.2 Å². The lowest BCUT2D eigenvalue weighted by Crippen LogP contribution is -2.48. The van der Waals surface area contributed by atoms with Gasteiger partial charge in [-0.1, -0.05) is 91.3 Å². The van der Waals surface area contributed by atoms with E-state index in [1.54, 1.807) is 18.2 Å². The third-order valence-electron chi connectivity index (χ3n) is 9.07. The molecule has 2 aliphatic rings. The van der Waals surface area contributed by atoms with Gasteiger partial charge in [-0.3, -0.25) is 9.69 Å². The second kappa shape index (κ2) is 13.4. The van der Waals surface area contributed by atoms with Crippen molar-refractivity contribution in [3.63, 3.8) is 0 Å². The van der Waals surface area contributed by atoms with Gasteiger partial charge in [-0.05, 0) is 65.1 Å². The zero-order valence-corrected chi connectivity index (χ0v) is 26.1. The number of aromatic hydroxyl groups is 1. The number of nitriles is 1. The lowest BCUT2D eigenvalue weighted by molar-refractivity contribution is 0.0962. The lowest BCUT2D eigenvalue weighted by atomic mass is 9.90. The van der Waals surface area contributed by atoms with E-state index in [1.807, 2.05) is 60.7 Å². The van der Waals surface area contributed by atoms with E-state index in [1.165, 1.54) is 12.8 Å². The highest BCUT2D eigenvalue weighted by Crippen LogP contribution is 2.40. The van der Waals surface area contributed by atoms with Crippen molar-refractivity contribution in [1.82, 2.24) is 4.90 Å². The average Bonchev–Trinajstić information content (AvgIpc) is 3.57. The number of phenols is 1. The molecule has 0 radical (unpaired) electrons. The van der Waals surface area contributed by atoms with Crippen molar-refractivity contribution in [3.05, 3.63) is 117 Å². The maximum atomic E-state index is 13.4. The topological polar surface area (TPSA) is 67.6 Å². The molecule has 1 aliphatic heterocycles. The SMILES string of the molecule is N#Cc1cccc(-c2ccc(O)c(C(c3cccc(C(=O)CC4CCCC4)c3)N3CCN(c4cccc(Cl)c4Cl)CC3)c2)c1. The summed E-state index contributed by atoms with van der Waals surface area (Å²) in [5.41, 5.74) is 5.77. The number of piperazine rings is 1. The van der Waals surface area contributed by atoms with Crippen molar-refractivity contribution in [1.29, 1.82) is 5.26 Å². The molecule has 1 atom stereocenters. The van der Waals surface area contributed by atoms with Crippen LogP contribution in [-0.2, 0) is 0 Å². The Balaban J connectivity index is 1.36. The first-order chi connectivity index (χ1) is 21.4. The summed E-state index contributed by atoms with van der Waals surface area (Å²) in [5.74, 6) is 0.848. The van der Waals surface area contributed by atoms with Gasteiger partial charge >= 0.3 is 0 Å². The first-order valence-electron chi connectivity index (χ1n) is 15.3. The van der Waals surface area contributed by atoms with Gasteiger partial charge in [0.1, 0.15) is 5.75 Å². The number of carbonyl (C=O) groups is 1. The number of anilines is 1. The Labute approximate surface area is 269 Å². The minimum atomic E-state index is -0.287. The molecule has 0 aromatic heterocycles. The van der Waals surface area contributed by atoms with E-state index >= 15 is 0 Å². The predicted octanol–water partition coefficient (Wildman–Crippen LogP) is 8.91. The van der Waals surface area contributed by atoms with Crippen LogP contribution < -0.4 is 4.90 Å². The molecule has 2 fully saturated rings. The minimum Gasteiger partial charge on any atom is -0.508 e. The van der Waals surface area contributed by atoms with Gasteiger partial charge in [-0.2, -0.15) is 5.26 Å². The molecule has 0 bridgehead atoms. The molecule has 4 aromatic carbocycles. The molecule has 0 spiro atoms. The number of phenolic OH excluding ortho intramolecular Hbond substituents is 1. The number of carbonyl (C=O) groups excluding carboxylic acids is 1.